The van der Waals surface area contributed by atoms with Crippen molar-refractivity contribution in [2.75, 3.05) is 6.54 Å². The number of aromatic nitrogens is 2. The third kappa shape index (κ3) is 4.42. The lowest BCUT2D eigenvalue weighted by molar-refractivity contribution is 0.0956. The van der Waals surface area contributed by atoms with Gasteiger partial charge in [-0.15, -0.1) is 11.3 Å². The summed E-state index contributed by atoms with van der Waals surface area (Å²) < 4.78 is 1.45. The van der Waals surface area contributed by atoms with Crippen LogP contribution in [0.3, 0.4) is 0 Å². The number of amides is 1. The Kier molecular flexibility index (Phi) is 5.40. The minimum absolute atomic E-state index is 0.0799. The maximum absolute atomic E-state index is 12.0. The van der Waals surface area contributed by atoms with E-state index in [1.165, 1.54) is 27.6 Å². The summed E-state index contributed by atoms with van der Waals surface area (Å²) >= 11 is 1.41. The molecule has 3 aromatic rings. The van der Waals surface area contributed by atoms with Gasteiger partial charge in [0.2, 0.25) is 0 Å². The molecule has 2 aromatic heterocycles. The van der Waals surface area contributed by atoms with Crippen LogP contribution >= 0.6 is 11.3 Å². The van der Waals surface area contributed by atoms with Crippen LogP contribution in [0.5, 0.6) is 0 Å². The second kappa shape index (κ2) is 7.90. The lowest BCUT2D eigenvalue weighted by atomic mass is 10.1. The van der Waals surface area contributed by atoms with Gasteiger partial charge in [0.15, 0.2) is 0 Å². The van der Waals surface area contributed by atoms with E-state index < -0.39 is 0 Å². The van der Waals surface area contributed by atoms with Crippen LogP contribution in [0.1, 0.15) is 21.7 Å². The number of nitrogens with zero attached hydrogens (tertiary/aromatic N) is 2. The van der Waals surface area contributed by atoms with Gasteiger partial charge in [0.1, 0.15) is 0 Å². The van der Waals surface area contributed by atoms with E-state index in [1.807, 2.05) is 42.6 Å². The SMILES string of the molecule is Cc1ccc(-c2ccc(=O)n(CCCNC(=O)c3cccs3)n2)cc1. The van der Waals surface area contributed by atoms with Crippen LogP contribution in [0.2, 0.25) is 0 Å². The van der Waals surface area contributed by atoms with Gasteiger partial charge in [-0.1, -0.05) is 35.9 Å². The van der Waals surface area contributed by atoms with Gasteiger partial charge < -0.3 is 5.32 Å². The fourth-order valence-corrected chi connectivity index (χ4v) is 3.05. The molecule has 25 heavy (non-hydrogen) atoms. The largest absolute Gasteiger partial charge is 0.351 e. The average Bonchev–Trinajstić information content (AvgIpc) is 3.15. The second-order valence-corrected chi connectivity index (χ2v) is 6.68. The number of carbonyl (C=O) groups excluding carboxylic acids is 1. The van der Waals surface area contributed by atoms with Gasteiger partial charge in [-0.2, -0.15) is 5.10 Å². The van der Waals surface area contributed by atoms with E-state index >= 15 is 0 Å². The normalized spacial score (nSPS) is 10.6. The van der Waals surface area contributed by atoms with Crippen molar-refractivity contribution in [3.05, 3.63) is 74.7 Å². The van der Waals surface area contributed by atoms with Crippen LogP contribution in [0.15, 0.2) is 58.7 Å². The molecule has 0 spiro atoms. The summed E-state index contributed by atoms with van der Waals surface area (Å²) in [4.78, 5) is 24.5. The highest BCUT2D eigenvalue weighted by Gasteiger charge is 2.06. The van der Waals surface area contributed by atoms with E-state index in [4.69, 9.17) is 0 Å². The molecule has 0 bridgehead atoms. The zero-order chi connectivity index (χ0) is 17.6. The van der Waals surface area contributed by atoms with Gasteiger partial charge in [0, 0.05) is 24.7 Å². The Labute approximate surface area is 150 Å². The van der Waals surface area contributed by atoms with Gasteiger partial charge in [-0.05, 0) is 30.9 Å². The van der Waals surface area contributed by atoms with Crippen LogP contribution in [0.4, 0.5) is 0 Å². The molecule has 6 heteroatoms. The summed E-state index contributed by atoms with van der Waals surface area (Å²) in [6.45, 7) is 2.99. The fourth-order valence-electron chi connectivity index (χ4n) is 2.41. The predicted octanol–water partition coefficient (Wildman–Crippen LogP) is 3.10. The van der Waals surface area contributed by atoms with Crippen LogP contribution in [-0.2, 0) is 6.54 Å². The van der Waals surface area contributed by atoms with Crippen LogP contribution < -0.4 is 10.9 Å². The molecule has 0 aliphatic carbocycles. The van der Waals surface area contributed by atoms with Crippen molar-refractivity contribution in [1.29, 1.82) is 0 Å². The van der Waals surface area contributed by atoms with Crippen molar-refractivity contribution in [3.63, 3.8) is 0 Å². The standard InChI is InChI=1S/C19H19N3O2S/c1-14-5-7-15(8-6-14)16-9-10-18(23)22(21-16)12-3-11-20-19(24)17-4-2-13-25-17/h2,4-10,13H,3,11-12H2,1H3,(H,20,24). The Balaban J connectivity index is 1.60. The predicted molar refractivity (Wildman–Crippen MR) is 99.9 cm³/mol. The second-order valence-electron chi connectivity index (χ2n) is 5.73. The van der Waals surface area contributed by atoms with Gasteiger partial charge in [-0.25, -0.2) is 4.68 Å². The van der Waals surface area contributed by atoms with Crippen molar-refractivity contribution < 1.29 is 4.79 Å². The Morgan fingerprint density at radius 1 is 1.16 bits per heavy atom. The van der Waals surface area contributed by atoms with E-state index in [0.29, 0.717) is 24.4 Å². The first kappa shape index (κ1) is 17.1. The number of thiophene rings is 1. The molecule has 0 saturated heterocycles. The van der Waals surface area contributed by atoms with Gasteiger partial charge >= 0.3 is 0 Å². The first-order valence-electron chi connectivity index (χ1n) is 8.10. The first-order chi connectivity index (χ1) is 12.1. The Morgan fingerprint density at radius 2 is 1.96 bits per heavy atom. The molecule has 0 atom stereocenters. The van der Waals surface area contributed by atoms with Gasteiger partial charge in [0.25, 0.3) is 11.5 Å². The molecule has 0 saturated carbocycles. The summed E-state index contributed by atoms with van der Waals surface area (Å²) in [6, 6.07) is 14.9. The molecule has 1 N–H and O–H groups in total. The third-order valence-corrected chi connectivity index (χ3v) is 4.66. The van der Waals surface area contributed by atoms with Crippen molar-refractivity contribution in [2.24, 2.45) is 0 Å². The number of nitrogens with one attached hydrogen (secondary N) is 1. The highest BCUT2D eigenvalue weighted by atomic mass is 32.1. The maximum Gasteiger partial charge on any atom is 0.266 e. The van der Waals surface area contributed by atoms with E-state index in [2.05, 4.69) is 10.4 Å². The van der Waals surface area contributed by atoms with Crippen molar-refractivity contribution in [2.45, 2.75) is 19.9 Å². The van der Waals surface area contributed by atoms with E-state index in [9.17, 15) is 9.59 Å². The molecule has 0 aliphatic rings. The zero-order valence-corrected chi connectivity index (χ0v) is 14.8. The third-order valence-electron chi connectivity index (χ3n) is 3.79. The molecule has 5 nitrogen and oxygen atoms in total. The molecular weight excluding hydrogens is 334 g/mol. The molecule has 0 aliphatic heterocycles. The molecule has 0 radical (unpaired) electrons. The van der Waals surface area contributed by atoms with Crippen molar-refractivity contribution in [1.82, 2.24) is 15.1 Å². The Morgan fingerprint density at radius 3 is 2.68 bits per heavy atom. The molecule has 128 valence electrons. The first-order valence-corrected chi connectivity index (χ1v) is 8.98. The lowest BCUT2D eigenvalue weighted by Gasteiger charge is -2.08. The summed E-state index contributed by atoms with van der Waals surface area (Å²) in [5, 5.41) is 9.16. The Hall–Kier alpha value is -2.73. The number of benzene rings is 1. The minimum Gasteiger partial charge on any atom is -0.351 e. The average molecular weight is 353 g/mol. The molecule has 0 unspecified atom stereocenters. The Bertz CT molecular complexity index is 899. The number of hydrogen-bond donors (Lipinski definition) is 1. The molecule has 3 rings (SSSR count). The van der Waals surface area contributed by atoms with Crippen molar-refractivity contribution in [3.8, 4) is 11.3 Å². The highest BCUT2D eigenvalue weighted by molar-refractivity contribution is 7.12. The quantitative estimate of drug-likeness (QED) is 0.693. The molecule has 2 heterocycles. The summed E-state index contributed by atoms with van der Waals surface area (Å²) in [7, 11) is 0. The molecular formula is C19H19N3O2S. The monoisotopic (exact) mass is 353 g/mol. The van der Waals surface area contributed by atoms with Crippen LogP contribution in [0.25, 0.3) is 11.3 Å². The van der Waals surface area contributed by atoms with E-state index in [-0.39, 0.29) is 11.5 Å². The molecule has 1 amide bonds. The molecule has 1 aromatic carbocycles. The number of carbonyl (C=O) groups is 1. The van der Waals surface area contributed by atoms with E-state index in [1.54, 1.807) is 12.1 Å². The van der Waals surface area contributed by atoms with Crippen LogP contribution in [0, 0.1) is 6.92 Å². The lowest BCUT2D eigenvalue weighted by Crippen LogP contribution is -2.27. The van der Waals surface area contributed by atoms with Crippen molar-refractivity contribution >= 4 is 17.2 Å². The minimum atomic E-state index is -0.138. The van der Waals surface area contributed by atoms with Crippen LogP contribution in [-0.4, -0.2) is 22.2 Å². The van der Waals surface area contributed by atoms with Gasteiger partial charge in [-0.3, -0.25) is 9.59 Å². The smallest absolute Gasteiger partial charge is 0.266 e. The summed E-state index contributed by atoms with van der Waals surface area (Å²) in [5.41, 5.74) is 2.78. The topological polar surface area (TPSA) is 64.0 Å². The maximum atomic E-state index is 12.0. The number of rotatable bonds is 6. The number of hydrogen-bond acceptors (Lipinski definition) is 4. The summed E-state index contributed by atoms with van der Waals surface area (Å²) in [6.07, 6.45) is 0.640. The number of aryl methyl sites for hydroxylation is 2. The summed E-state index contributed by atoms with van der Waals surface area (Å²) in [5.74, 6) is -0.0799. The highest BCUT2D eigenvalue weighted by Crippen LogP contribution is 2.15. The van der Waals surface area contributed by atoms with Gasteiger partial charge in [0.05, 0.1) is 10.6 Å². The molecule has 0 fully saturated rings. The van der Waals surface area contributed by atoms with E-state index in [0.717, 1.165) is 11.3 Å². The zero-order valence-electron chi connectivity index (χ0n) is 13.9. The fraction of sp³-hybridized carbons (Fsp3) is 0.211.